The van der Waals surface area contributed by atoms with Gasteiger partial charge < -0.3 is 0 Å². The molecule has 0 saturated heterocycles. The summed E-state index contributed by atoms with van der Waals surface area (Å²) < 4.78 is 12.9. The molecule has 0 aliphatic heterocycles. The number of rotatable bonds is 3. The summed E-state index contributed by atoms with van der Waals surface area (Å²) in [7, 11) is 0. The maximum atomic E-state index is 12.9. The Balaban J connectivity index is 1.99. The molecule has 1 aromatic heterocycles. The van der Waals surface area contributed by atoms with Gasteiger partial charge in [-0.2, -0.15) is 0 Å². The molecule has 16 heavy (non-hydrogen) atoms. The van der Waals surface area contributed by atoms with Crippen molar-refractivity contribution in [3.8, 4) is 0 Å². The molecule has 0 spiro atoms. The first-order valence-electron chi connectivity index (χ1n) is 5.04. The van der Waals surface area contributed by atoms with E-state index in [1.54, 1.807) is 23.9 Å². The van der Waals surface area contributed by atoms with E-state index in [1.807, 2.05) is 31.3 Å². The summed E-state index contributed by atoms with van der Waals surface area (Å²) in [5.41, 5.74) is 2.13. The van der Waals surface area contributed by atoms with Gasteiger partial charge in [0, 0.05) is 11.9 Å². The number of hydrogen-bond donors (Lipinski definition) is 0. The fraction of sp³-hybridized carbons (Fsp3) is 0.154. The molecule has 0 fully saturated rings. The average molecular weight is 233 g/mol. The van der Waals surface area contributed by atoms with Crippen molar-refractivity contribution in [3.05, 3.63) is 59.5 Å². The zero-order chi connectivity index (χ0) is 11.4. The molecule has 82 valence electrons. The first kappa shape index (κ1) is 11.1. The Morgan fingerprint density at radius 3 is 2.81 bits per heavy atom. The summed E-state index contributed by atoms with van der Waals surface area (Å²) in [6.45, 7) is 2.01. The highest BCUT2D eigenvalue weighted by Gasteiger charge is 1.98. The highest BCUT2D eigenvalue weighted by molar-refractivity contribution is 7.98. The van der Waals surface area contributed by atoms with Crippen molar-refractivity contribution in [3.63, 3.8) is 0 Å². The van der Waals surface area contributed by atoms with E-state index in [0.29, 0.717) is 0 Å². The maximum absolute atomic E-state index is 12.9. The van der Waals surface area contributed by atoms with Gasteiger partial charge >= 0.3 is 0 Å². The number of thioether (sulfide) groups is 1. The number of aromatic nitrogens is 1. The summed E-state index contributed by atoms with van der Waals surface area (Å²) in [4.78, 5) is 4.28. The molecule has 0 amide bonds. The van der Waals surface area contributed by atoms with Crippen molar-refractivity contribution >= 4 is 11.8 Å². The van der Waals surface area contributed by atoms with Gasteiger partial charge in [-0.25, -0.2) is 9.37 Å². The highest BCUT2D eigenvalue weighted by Crippen LogP contribution is 2.20. The van der Waals surface area contributed by atoms with E-state index in [2.05, 4.69) is 4.98 Å². The van der Waals surface area contributed by atoms with E-state index in [1.165, 1.54) is 6.07 Å². The molecular formula is C13H12FNS. The second-order valence-electron chi connectivity index (χ2n) is 3.59. The molecule has 3 heteroatoms. The van der Waals surface area contributed by atoms with Crippen molar-refractivity contribution in [2.24, 2.45) is 0 Å². The van der Waals surface area contributed by atoms with Gasteiger partial charge in [0.05, 0.1) is 5.03 Å². The molecule has 0 radical (unpaired) electrons. The smallest absolute Gasteiger partial charge is 0.123 e. The summed E-state index contributed by atoms with van der Waals surface area (Å²) >= 11 is 1.61. The number of nitrogens with zero attached hydrogens (tertiary/aromatic N) is 1. The van der Waals surface area contributed by atoms with Gasteiger partial charge in [0.25, 0.3) is 0 Å². The van der Waals surface area contributed by atoms with Crippen LogP contribution in [-0.2, 0) is 5.75 Å². The normalized spacial score (nSPS) is 10.4. The summed E-state index contributed by atoms with van der Waals surface area (Å²) in [6, 6.07) is 10.7. The lowest BCUT2D eigenvalue weighted by Crippen LogP contribution is -1.85. The molecule has 2 rings (SSSR count). The Labute approximate surface area is 98.7 Å². The van der Waals surface area contributed by atoms with Gasteiger partial charge in [0.2, 0.25) is 0 Å². The first-order valence-corrected chi connectivity index (χ1v) is 6.02. The van der Waals surface area contributed by atoms with Crippen LogP contribution in [0, 0.1) is 12.7 Å². The molecule has 1 heterocycles. The van der Waals surface area contributed by atoms with Crippen LogP contribution in [0.3, 0.4) is 0 Å². The van der Waals surface area contributed by atoms with Gasteiger partial charge in [-0.15, -0.1) is 11.8 Å². The van der Waals surface area contributed by atoms with Crippen LogP contribution in [0.15, 0.2) is 47.6 Å². The fourth-order valence-corrected chi connectivity index (χ4v) is 2.11. The minimum absolute atomic E-state index is 0.185. The quantitative estimate of drug-likeness (QED) is 0.747. The monoisotopic (exact) mass is 233 g/mol. The lowest BCUT2D eigenvalue weighted by Gasteiger charge is -2.01. The molecule has 0 N–H and O–H groups in total. The minimum Gasteiger partial charge on any atom is -0.250 e. The Morgan fingerprint density at radius 1 is 1.25 bits per heavy atom. The standard InChI is InChI=1S/C13H12FNS/c1-10-5-6-13(15-8-10)16-9-11-3-2-4-12(14)7-11/h2-8H,9H2,1H3. The third-order valence-electron chi connectivity index (χ3n) is 2.16. The molecule has 0 bridgehead atoms. The van der Waals surface area contributed by atoms with Crippen molar-refractivity contribution in [1.82, 2.24) is 4.98 Å². The second kappa shape index (κ2) is 5.12. The van der Waals surface area contributed by atoms with Crippen LogP contribution >= 0.6 is 11.8 Å². The Hall–Kier alpha value is -1.35. The van der Waals surface area contributed by atoms with E-state index in [-0.39, 0.29) is 5.82 Å². The lowest BCUT2D eigenvalue weighted by atomic mass is 10.2. The Kier molecular flexibility index (Phi) is 3.57. The van der Waals surface area contributed by atoms with Crippen LogP contribution < -0.4 is 0 Å². The molecule has 0 unspecified atom stereocenters. The van der Waals surface area contributed by atoms with E-state index >= 15 is 0 Å². The largest absolute Gasteiger partial charge is 0.250 e. The van der Waals surface area contributed by atoms with Crippen LogP contribution in [0.5, 0.6) is 0 Å². The predicted molar refractivity (Wildman–Crippen MR) is 64.9 cm³/mol. The molecule has 1 nitrogen and oxygen atoms in total. The van der Waals surface area contributed by atoms with E-state index in [4.69, 9.17) is 0 Å². The average Bonchev–Trinajstić information content (AvgIpc) is 2.28. The zero-order valence-corrected chi connectivity index (χ0v) is 9.80. The third-order valence-corrected chi connectivity index (χ3v) is 3.17. The zero-order valence-electron chi connectivity index (χ0n) is 8.98. The summed E-state index contributed by atoms with van der Waals surface area (Å²) in [5.74, 6) is 0.559. The molecule has 0 aliphatic carbocycles. The van der Waals surface area contributed by atoms with E-state index in [9.17, 15) is 4.39 Å². The number of aryl methyl sites for hydroxylation is 1. The van der Waals surface area contributed by atoms with Crippen molar-refractivity contribution < 1.29 is 4.39 Å². The summed E-state index contributed by atoms with van der Waals surface area (Å²) in [6.07, 6.45) is 1.84. The molecule has 0 aliphatic rings. The molecule has 0 saturated carbocycles. The van der Waals surface area contributed by atoms with Crippen LogP contribution in [0.1, 0.15) is 11.1 Å². The van der Waals surface area contributed by atoms with Gasteiger partial charge in [0.15, 0.2) is 0 Å². The van der Waals surface area contributed by atoms with Crippen LogP contribution in [-0.4, -0.2) is 4.98 Å². The van der Waals surface area contributed by atoms with Crippen molar-refractivity contribution in [1.29, 1.82) is 0 Å². The molecule has 2 aromatic rings. The number of halogens is 1. The number of hydrogen-bond acceptors (Lipinski definition) is 2. The van der Waals surface area contributed by atoms with Gasteiger partial charge in [-0.1, -0.05) is 18.2 Å². The summed E-state index contributed by atoms with van der Waals surface area (Å²) in [5, 5.41) is 0.967. The van der Waals surface area contributed by atoms with E-state index < -0.39 is 0 Å². The molecule has 0 atom stereocenters. The van der Waals surface area contributed by atoms with Gasteiger partial charge in [0.1, 0.15) is 5.82 Å². The number of benzene rings is 1. The van der Waals surface area contributed by atoms with Crippen LogP contribution in [0.4, 0.5) is 4.39 Å². The van der Waals surface area contributed by atoms with Crippen molar-refractivity contribution in [2.75, 3.05) is 0 Å². The molecule has 1 aromatic carbocycles. The van der Waals surface area contributed by atoms with Crippen LogP contribution in [0.2, 0.25) is 0 Å². The SMILES string of the molecule is Cc1ccc(SCc2cccc(F)c2)nc1. The van der Waals surface area contributed by atoms with Crippen molar-refractivity contribution in [2.45, 2.75) is 17.7 Å². The van der Waals surface area contributed by atoms with Crippen LogP contribution in [0.25, 0.3) is 0 Å². The Bertz CT molecular complexity index is 468. The van der Waals surface area contributed by atoms with Gasteiger partial charge in [-0.3, -0.25) is 0 Å². The highest BCUT2D eigenvalue weighted by atomic mass is 32.2. The predicted octanol–water partition coefficient (Wildman–Crippen LogP) is 3.82. The van der Waals surface area contributed by atoms with Gasteiger partial charge in [-0.05, 0) is 36.2 Å². The first-order chi connectivity index (χ1) is 7.74. The third kappa shape index (κ3) is 3.07. The number of pyridine rings is 1. The maximum Gasteiger partial charge on any atom is 0.123 e. The second-order valence-corrected chi connectivity index (χ2v) is 4.59. The minimum atomic E-state index is -0.185. The lowest BCUT2D eigenvalue weighted by molar-refractivity contribution is 0.626. The fourth-order valence-electron chi connectivity index (χ4n) is 1.32. The topological polar surface area (TPSA) is 12.9 Å². The van der Waals surface area contributed by atoms with E-state index in [0.717, 1.165) is 21.9 Å². The Morgan fingerprint density at radius 2 is 2.12 bits per heavy atom. The molecular weight excluding hydrogens is 221 g/mol.